The van der Waals surface area contributed by atoms with Crippen molar-refractivity contribution in [1.82, 2.24) is 0 Å². The van der Waals surface area contributed by atoms with E-state index in [0.29, 0.717) is 12.8 Å². The summed E-state index contributed by atoms with van der Waals surface area (Å²) in [6, 6.07) is 1.99. The highest BCUT2D eigenvalue weighted by molar-refractivity contribution is 9.12. The molecule has 0 atom stereocenters. The van der Waals surface area contributed by atoms with E-state index in [1.54, 1.807) is 11.3 Å². The van der Waals surface area contributed by atoms with Gasteiger partial charge in [-0.2, -0.15) is 0 Å². The van der Waals surface area contributed by atoms with Gasteiger partial charge in [0.15, 0.2) is 0 Å². The molecule has 0 unspecified atom stereocenters. The molecule has 0 N–H and O–H groups in total. The molecule has 0 radical (unpaired) electrons. The molecule has 0 saturated heterocycles. The van der Waals surface area contributed by atoms with Gasteiger partial charge in [0.25, 0.3) is 0 Å². The van der Waals surface area contributed by atoms with Crippen molar-refractivity contribution in [3.8, 4) is 0 Å². The summed E-state index contributed by atoms with van der Waals surface area (Å²) in [5, 5.41) is -0.288. The zero-order valence-corrected chi connectivity index (χ0v) is 10.7. The molecule has 0 fully saturated rings. The Morgan fingerprint density at radius 2 is 2.25 bits per heavy atom. The summed E-state index contributed by atoms with van der Waals surface area (Å²) in [5.74, 6) is 0. The third-order valence-electron chi connectivity index (χ3n) is 1.32. The van der Waals surface area contributed by atoms with Crippen molar-refractivity contribution in [2.24, 2.45) is 0 Å². The van der Waals surface area contributed by atoms with E-state index in [1.807, 2.05) is 6.07 Å². The molecular formula is C7H5Br2ClOS. The van der Waals surface area contributed by atoms with Crippen LogP contribution in [-0.4, -0.2) is 5.24 Å². The Bertz CT molecular complexity index is 298. The average Bonchev–Trinajstić information content (AvgIpc) is 2.26. The molecule has 0 aliphatic carbocycles. The van der Waals surface area contributed by atoms with E-state index in [0.717, 1.165) is 13.1 Å². The van der Waals surface area contributed by atoms with Gasteiger partial charge in [-0.1, -0.05) is 0 Å². The topological polar surface area (TPSA) is 17.1 Å². The number of hydrogen-bond acceptors (Lipinski definition) is 2. The number of halogens is 3. The van der Waals surface area contributed by atoms with Crippen LogP contribution in [0.3, 0.4) is 0 Å². The molecule has 1 nitrogen and oxygen atoms in total. The molecule has 0 aliphatic heterocycles. The number of carbonyl (C=O) groups is 1. The van der Waals surface area contributed by atoms with Gasteiger partial charge >= 0.3 is 0 Å². The number of thiophene rings is 1. The maximum absolute atomic E-state index is 10.5. The second kappa shape index (κ2) is 4.74. The molecule has 0 saturated carbocycles. The highest BCUT2D eigenvalue weighted by Gasteiger charge is 2.06. The lowest BCUT2D eigenvalue weighted by atomic mass is 10.2. The molecule has 0 spiro atoms. The highest BCUT2D eigenvalue weighted by Crippen LogP contribution is 2.32. The molecule has 0 amide bonds. The third-order valence-corrected chi connectivity index (χ3v) is 3.97. The minimum Gasteiger partial charge on any atom is -0.281 e. The van der Waals surface area contributed by atoms with Gasteiger partial charge in [0.2, 0.25) is 5.24 Å². The second-order valence-corrected chi connectivity index (χ2v) is 6.38. The van der Waals surface area contributed by atoms with Crippen LogP contribution in [0.25, 0.3) is 0 Å². The monoisotopic (exact) mass is 330 g/mol. The summed E-state index contributed by atoms with van der Waals surface area (Å²) in [6.07, 6.45) is 1.09. The van der Waals surface area contributed by atoms with Crippen molar-refractivity contribution >= 4 is 60.0 Å². The van der Waals surface area contributed by atoms with Gasteiger partial charge < -0.3 is 0 Å². The summed E-state index contributed by atoms with van der Waals surface area (Å²) in [5.41, 5.74) is 1.13. The zero-order chi connectivity index (χ0) is 9.14. The number of carbonyl (C=O) groups excluding carboxylic acids is 1. The maximum Gasteiger partial charge on any atom is 0.221 e. The van der Waals surface area contributed by atoms with Crippen molar-refractivity contribution in [1.29, 1.82) is 0 Å². The Balaban J connectivity index is 2.62. The van der Waals surface area contributed by atoms with Crippen LogP contribution in [0.1, 0.15) is 12.0 Å². The van der Waals surface area contributed by atoms with E-state index >= 15 is 0 Å². The van der Waals surface area contributed by atoms with E-state index < -0.39 is 0 Å². The SMILES string of the molecule is O=C(Cl)CCc1cc(Br)sc1Br. The lowest BCUT2D eigenvalue weighted by Gasteiger charge is -1.92. The predicted molar refractivity (Wildman–Crippen MR) is 58.9 cm³/mol. The van der Waals surface area contributed by atoms with Gasteiger partial charge in [0, 0.05) is 6.42 Å². The smallest absolute Gasteiger partial charge is 0.221 e. The first-order valence-electron chi connectivity index (χ1n) is 3.21. The minimum absolute atomic E-state index is 0.288. The number of aryl methyl sites for hydroxylation is 1. The van der Waals surface area contributed by atoms with E-state index in [2.05, 4.69) is 31.9 Å². The average molecular weight is 332 g/mol. The Labute approximate surface area is 96.4 Å². The van der Waals surface area contributed by atoms with Crippen molar-refractivity contribution in [2.45, 2.75) is 12.8 Å². The number of rotatable bonds is 3. The normalized spacial score (nSPS) is 10.2. The van der Waals surface area contributed by atoms with Crippen LogP contribution < -0.4 is 0 Å². The maximum atomic E-state index is 10.5. The van der Waals surface area contributed by atoms with Gasteiger partial charge in [-0.25, -0.2) is 0 Å². The molecule has 66 valence electrons. The van der Waals surface area contributed by atoms with E-state index in [9.17, 15) is 4.79 Å². The van der Waals surface area contributed by atoms with E-state index in [4.69, 9.17) is 11.6 Å². The number of hydrogen-bond donors (Lipinski definition) is 0. The molecule has 1 rings (SSSR count). The predicted octanol–water partition coefficient (Wildman–Crippen LogP) is 3.97. The van der Waals surface area contributed by atoms with Crippen LogP contribution in [0, 0.1) is 0 Å². The fourth-order valence-electron chi connectivity index (χ4n) is 0.778. The molecule has 1 aromatic rings. The molecule has 12 heavy (non-hydrogen) atoms. The van der Waals surface area contributed by atoms with Gasteiger partial charge in [-0.05, 0) is 61.5 Å². The fraction of sp³-hybridized carbons (Fsp3) is 0.286. The van der Waals surface area contributed by atoms with E-state index in [1.165, 1.54) is 0 Å². The fourth-order valence-corrected chi connectivity index (χ4v) is 3.79. The van der Waals surface area contributed by atoms with Crippen LogP contribution in [0.2, 0.25) is 0 Å². The molecule has 0 aliphatic rings. The minimum atomic E-state index is -0.288. The summed E-state index contributed by atoms with van der Waals surface area (Å²) < 4.78 is 2.12. The second-order valence-electron chi connectivity index (χ2n) is 2.20. The Morgan fingerprint density at radius 1 is 1.58 bits per heavy atom. The van der Waals surface area contributed by atoms with Crippen LogP contribution in [0.4, 0.5) is 0 Å². The Morgan fingerprint density at radius 3 is 2.67 bits per heavy atom. The van der Waals surface area contributed by atoms with Crippen molar-refractivity contribution in [3.05, 3.63) is 19.2 Å². The van der Waals surface area contributed by atoms with Gasteiger partial charge in [0.1, 0.15) is 0 Å². The zero-order valence-electron chi connectivity index (χ0n) is 5.94. The van der Waals surface area contributed by atoms with Gasteiger partial charge in [-0.3, -0.25) is 4.79 Å². The first kappa shape index (κ1) is 10.7. The van der Waals surface area contributed by atoms with Gasteiger partial charge in [-0.15, -0.1) is 11.3 Å². The Hall–Kier alpha value is 0.620. The summed E-state index contributed by atoms with van der Waals surface area (Å²) in [7, 11) is 0. The standard InChI is InChI=1S/C7H5Br2ClOS/c8-5-3-4(7(9)12-5)1-2-6(10)11/h3H,1-2H2. The van der Waals surface area contributed by atoms with Gasteiger partial charge in [0.05, 0.1) is 7.57 Å². The molecule has 5 heteroatoms. The lowest BCUT2D eigenvalue weighted by molar-refractivity contribution is -0.111. The highest BCUT2D eigenvalue weighted by atomic mass is 79.9. The lowest BCUT2D eigenvalue weighted by Crippen LogP contribution is -1.89. The summed E-state index contributed by atoms with van der Waals surface area (Å²) >= 11 is 13.6. The summed E-state index contributed by atoms with van der Waals surface area (Å²) in [6.45, 7) is 0. The molecule has 0 bridgehead atoms. The largest absolute Gasteiger partial charge is 0.281 e. The molecule has 1 aromatic heterocycles. The van der Waals surface area contributed by atoms with E-state index in [-0.39, 0.29) is 5.24 Å². The van der Waals surface area contributed by atoms with Crippen LogP contribution >= 0.6 is 54.8 Å². The summed E-state index contributed by atoms with van der Waals surface area (Å²) in [4.78, 5) is 10.5. The molecular weight excluding hydrogens is 327 g/mol. The Kier molecular flexibility index (Phi) is 4.23. The first-order valence-corrected chi connectivity index (χ1v) is 5.99. The van der Waals surface area contributed by atoms with Crippen molar-refractivity contribution < 1.29 is 4.79 Å². The van der Waals surface area contributed by atoms with Crippen molar-refractivity contribution in [2.75, 3.05) is 0 Å². The first-order chi connectivity index (χ1) is 5.59. The van der Waals surface area contributed by atoms with Crippen LogP contribution in [-0.2, 0) is 11.2 Å². The quantitative estimate of drug-likeness (QED) is 0.766. The molecule has 1 heterocycles. The van der Waals surface area contributed by atoms with Crippen molar-refractivity contribution in [3.63, 3.8) is 0 Å². The molecule has 0 aromatic carbocycles. The third kappa shape index (κ3) is 3.17. The van der Waals surface area contributed by atoms with Crippen LogP contribution in [0.5, 0.6) is 0 Å². The van der Waals surface area contributed by atoms with Crippen LogP contribution in [0.15, 0.2) is 13.6 Å².